The van der Waals surface area contributed by atoms with Crippen LogP contribution in [-0.4, -0.2) is 43.0 Å². The summed E-state index contributed by atoms with van der Waals surface area (Å²) >= 11 is 6.88. The normalized spacial score (nSPS) is 11.4. The molecule has 0 radical (unpaired) electrons. The lowest BCUT2D eigenvalue weighted by atomic mass is 10.1. The molecule has 0 atom stereocenters. The number of halogens is 1. The van der Waals surface area contributed by atoms with E-state index in [1.807, 2.05) is 0 Å². The molecule has 34 heavy (non-hydrogen) atoms. The molecule has 10 nitrogen and oxygen atoms in total. The maximum atomic E-state index is 12.4. The maximum absolute atomic E-state index is 12.4. The molecule has 0 spiro atoms. The molecule has 1 heterocycles. The van der Waals surface area contributed by atoms with Crippen LogP contribution in [0.2, 0.25) is 5.02 Å². The van der Waals surface area contributed by atoms with Gasteiger partial charge >= 0.3 is 5.97 Å². The van der Waals surface area contributed by atoms with E-state index < -0.39 is 26.9 Å². The molecule has 0 aliphatic rings. The van der Waals surface area contributed by atoms with Crippen LogP contribution in [0.3, 0.4) is 0 Å². The van der Waals surface area contributed by atoms with Crippen molar-refractivity contribution in [2.24, 2.45) is 0 Å². The Morgan fingerprint density at radius 3 is 2.62 bits per heavy atom. The van der Waals surface area contributed by atoms with Gasteiger partial charge in [0.25, 0.3) is 11.1 Å². The van der Waals surface area contributed by atoms with Crippen molar-refractivity contribution in [2.45, 2.75) is 5.16 Å². The van der Waals surface area contributed by atoms with Crippen LogP contribution in [0.25, 0.3) is 6.08 Å². The number of hydrogen-bond donors (Lipinski definition) is 1. The zero-order valence-electron chi connectivity index (χ0n) is 17.6. The van der Waals surface area contributed by atoms with Crippen molar-refractivity contribution in [3.63, 3.8) is 0 Å². The van der Waals surface area contributed by atoms with Crippen LogP contribution >= 0.6 is 23.1 Å². The fraction of sp³-hybridized carbons (Fsp3) is 0.0952. The highest BCUT2D eigenvalue weighted by molar-refractivity contribution is 7.90. The third-order valence-electron chi connectivity index (χ3n) is 4.10. The van der Waals surface area contributed by atoms with Gasteiger partial charge in [-0.15, -0.1) is 0 Å². The number of methoxy groups -OCH3 is 1. The van der Waals surface area contributed by atoms with E-state index in [1.54, 1.807) is 24.3 Å². The van der Waals surface area contributed by atoms with E-state index in [9.17, 15) is 23.3 Å². The van der Waals surface area contributed by atoms with Gasteiger partial charge in [-0.05, 0) is 42.0 Å². The molecule has 174 valence electrons. The minimum atomic E-state index is -3.63. The quantitative estimate of drug-likeness (QED) is 0.215. The first kappa shape index (κ1) is 24.8. The highest BCUT2D eigenvalue weighted by atomic mass is 35.5. The fourth-order valence-electron chi connectivity index (χ4n) is 2.49. The van der Waals surface area contributed by atoms with Crippen molar-refractivity contribution in [3.8, 4) is 17.6 Å². The van der Waals surface area contributed by atoms with E-state index in [0.717, 1.165) is 6.26 Å². The van der Waals surface area contributed by atoms with Crippen molar-refractivity contribution in [1.82, 2.24) is 9.36 Å². The van der Waals surface area contributed by atoms with Crippen molar-refractivity contribution >= 4 is 56.1 Å². The number of ether oxygens (including phenoxy) is 2. The number of nitrogens with one attached hydrogen (secondary N) is 1. The fourth-order valence-corrected chi connectivity index (χ4v) is 4.16. The summed E-state index contributed by atoms with van der Waals surface area (Å²) in [5.74, 6) is -0.892. The summed E-state index contributed by atoms with van der Waals surface area (Å²) in [7, 11) is -2.15. The number of hydrogen-bond acceptors (Lipinski definition) is 10. The number of carbonyl (C=O) groups is 2. The number of aromatic nitrogens is 2. The van der Waals surface area contributed by atoms with E-state index in [1.165, 1.54) is 37.5 Å². The van der Waals surface area contributed by atoms with Gasteiger partial charge in [0.2, 0.25) is 15.0 Å². The molecule has 0 bridgehead atoms. The molecule has 2 aromatic carbocycles. The molecule has 0 saturated carbocycles. The van der Waals surface area contributed by atoms with Crippen LogP contribution in [0, 0.1) is 11.3 Å². The van der Waals surface area contributed by atoms with E-state index in [0.29, 0.717) is 22.8 Å². The summed E-state index contributed by atoms with van der Waals surface area (Å²) in [6, 6.07) is 12.5. The molecular weight excluding hydrogens is 504 g/mol. The Kier molecular flexibility index (Phi) is 7.62. The molecular formula is C21H15ClN4O6S2. The van der Waals surface area contributed by atoms with E-state index in [-0.39, 0.29) is 27.0 Å². The molecule has 0 aliphatic heterocycles. The van der Waals surface area contributed by atoms with Crippen LogP contribution in [0.1, 0.15) is 15.9 Å². The highest BCUT2D eigenvalue weighted by Gasteiger charge is 2.18. The predicted octanol–water partition coefficient (Wildman–Crippen LogP) is 3.37. The standard InChI is InChI=1S/C21H15ClN4O6S2/c1-31-15-5-3-4-13(10-15)19(28)32-17-7-6-12(9-16(17)22)8-14(11-23)18(27)24-20-25-21(26-33-20)34(2,29)30/h3-10H,1-2H3,(H,24,25,26,27)/b14-8-. The number of anilines is 1. The Balaban J connectivity index is 1.75. The van der Waals surface area contributed by atoms with Gasteiger partial charge in [0.15, 0.2) is 0 Å². The first-order chi connectivity index (χ1) is 16.1. The number of esters is 1. The maximum Gasteiger partial charge on any atom is 0.343 e. The number of rotatable bonds is 7. The average Bonchev–Trinajstić information content (AvgIpc) is 3.28. The Bertz CT molecular complexity index is 1440. The van der Waals surface area contributed by atoms with Gasteiger partial charge in [-0.2, -0.15) is 14.6 Å². The molecule has 0 fully saturated rings. The van der Waals surface area contributed by atoms with Gasteiger partial charge in [-0.3, -0.25) is 10.1 Å². The molecule has 0 saturated heterocycles. The zero-order valence-corrected chi connectivity index (χ0v) is 20.0. The molecule has 1 amide bonds. The Morgan fingerprint density at radius 2 is 2.00 bits per heavy atom. The predicted molar refractivity (Wildman–Crippen MR) is 125 cm³/mol. The third kappa shape index (κ3) is 6.16. The smallest absolute Gasteiger partial charge is 0.343 e. The van der Waals surface area contributed by atoms with E-state index >= 15 is 0 Å². The summed E-state index contributed by atoms with van der Waals surface area (Å²) in [5, 5.41) is 11.3. The highest BCUT2D eigenvalue weighted by Crippen LogP contribution is 2.28. The minimum absolute atomic E-state index is 0.0737. The average molecular weight is 519 g/mol. The van der Waals surface area contributed by atoms with Gasteiger partial charge in [0.1, 0.15) is 23.1 Å². The Morgan fingerprint density at radius 1 is 1.24 bits per heavy atom. The van der Waals surface area contributed by atoms with Gasteiger partial charge in [0, 0.05) is 17.8 Å². The van der Waals surface area contributed by atoms with Gasteiger partial charge in [-0.25, -0.2) is 13.2 Å². The molecule has 0 aliphatic carbocycles. The monoisotopic (exact) mass is 518 g/mol. The topological polar surface area (TPSA) is 148 Å². The second-order valence-corrected chi connectivity index (χ2v) is 9.66. The number of amides is 1. The second-order valence-electron chi connectivity index (χ2n) is 6.59. The van der Waals surface area contributed by atoms with Crippen LogP contribution in [-0.2, 0) is 14.6 Å². The number of carbonyl (C=O) groups excluding carboxylic acids is 2. The van der Waals surface area contributed by atoms with Crippen molar-refractivity contribution in [1.29, 1.82) is 5.26 Å². The third-order valence-corrected chi connectivity index (χ3v) is 5.99. The summed E-state index contributed by atoms with van der Waals surface area (Å²) < 4.78 is 37.0. The van der Waals surface area contributed by atoms with Crippen molar-refractivity contribution < 1.29 is 27.5 Å². The molecule has 13 heteroatoms. The van der Waals surface area contributed by atoms with Crippen molar-refractivity contribution in [3.05, 3.63) is 64.2 Å². The van der Waals surface area contributed by atoms with Crippen LogP contribution in [0.15, 0.2) is 53.2 Å². The lowest BCUT2D eigenvalue weighted by molar-refractivity contribution is -0.112. The minimum Gasteiger partial charge on any atom is -0.497 e. The second kappa shape index (κ2) is 10.4. The summed E-state index contributed by atoms with van der Waals surface area (Å²) in [6.07, 6.45) is 2.19. The van der Waals surface area contributed by atoms with Gasteiger partial charge in [0.05, 0.1) is 17.7 Å². The van der Waals surface area contributed by atoms with E-state index in [2.05, 4.69) is 14.7 Å². The molecule has 0 unspecified atom stereocenters. The Labute approximate surface area is 203 Å². The molecule has 3 rings (SSSR count). The van der Waals surface area contributed by atoms with E-state index in [4.69, 9.17) is 21.1 Å². The summed E-state index contributed by atoms with van der Waals surface area (Å²) in [6.45, 7) is 0. The SMILES string of the molecule is COc1cccc(C(=O)Oc2ccc(/C=C(/C#N)C(=O)Nc3nc(S(C)(=O)=O)ns3)cc2Cl)c1. The number of sulfone groups is 1. The first-order valence-electron chi connectivity index (χ1n) is 9.23. The van der Waals surface area contributed by atoms with Gasteiger partial charge in [-0.1, -0.05) is 23.7 Å². The summed E-state index contributed by atoms with van der Waals surface area (Å²) in [4.78, 5) is 28.5. The molecule has 1 aromatic heterocycles. The van der Waals surface area contributed by atoms with Gasteiger partial charge < -0.3 is 9.47 Å². The van der Waals surface area contributed by atoms with Crippen LogP contribution in [0.5, 0.6) is 11.5 Å². The van der Waals surface area contributed by atoms with Crippen LogP contribution < -0.4 is 14.8 Å². The molecule has 1 N–H and O–H groups in total. The zero-order chi connectivity index (χ0) is 24.9. The number of nitriles is 1. The van der Waals surface area contributed by atoms with Crippen LogP contribution in [0.4, 0.5) is 5.13 Å². The number of benzene rings is 2. The lowest BCUT2D eigenvalue weighted by Crippen LogP contribution is -2.13. The largest absolute Gasteiger partial charge is 0.497 e. The first-order valence-corrected chi connectivity index (χ1v) is 12.3. The van der Waals surface area contributed by atoms with Crippen molar-refractivity contribution in [2.75, 3.05) is 18.7 Å². The Hall–Kier alpha value is -3.79. The summed E-state index contributed by atoms with van der Waals surface area (Å²) in [5.41, 5.74) is 0.346. The molecule has 3 aromatic rings. The lowest BCUT2D eigenvalue weighted by Gasteiger charge is -2.08. The number of nitrogens with zero attached hydrogens (tertiary/aromatic N) is 3.